The number of hydrogen-bond acceptors (Lipinski definition) is 2. The molecule has 0 amide bonds. The summed E-state index contributed by atoms with van der Waals surface area (Å²) < 4.78 is 13.0. The highest BCUT2D eigenvalue weighted by Crippen LogP contribution is 2.39. The standard InChI is InChI=1S/C16H24FNS/c1-4-18-15-10-11(2)9-12(3)16(15)19-14-7-5-13(17)6-8-14/h5-8,11-12,15-16,18H,4,9-10H2,1-3H3. The fraction of sp³-hybridized carbons (Fsp3) is 0.625. The van der Waals surface area contributed by atoms with Crippen molar-refractivity contribution < 1.29 is 4.39 Å². The molecule has 1 saturated carbocycles. The molecule has 0 bridgehead atoms. The Hall–Kier alpha value is -0.540. The van der Waals surface area contributed by atoms with Gasteiger partial charge in [0.05, 0.1) is 0 Å². The molecule has 106 valence electrons. The number of benzene rings is 1. The molecule has 1 aromatic carbocycles. The monoisotopic (exact) mass is 281 g/mol. The summed E-state index contributed by atoms with van der Waals surface area (Å²) in [5.74, 6) is 1.34. The molecule has 2 rings (SSSR count). The molecule has 19 heavy (non-hydrogen) atoms. The fourth-order valence-corrected chi connectivity index (χ4v) is 4.48. The molecule has 1 fully saturated rings. The molecule has 4 unspecified atom stereocenters. The Morgan fingerprint density at radius 3 is 2.53 bits per heavy atom. The van der Waals surface area contributed by atoms with Crippen LogP contribution in [0.5, 0.6) is 0 Å². The third-order valence-corrected chi connectivity index (χ3v) is 5.55. The van der Waals surface area contributed by atoms with Crippen LogP contribution in [0.4, 0.5) is 4.39 Å². The van der Waals surface area contributed by atoms with Gasteiger partial charge in [0.25, 0.3) is 0 Å². The van der Waals surface area contributed by atoms with Crippen molar-refractivity contribution in [1.29, 1.82) is 0 Å². The Bertz CT molecular complexity index is 392. The topological polar surface area (TPSA) is 12.0 Å². The zero-order valence-electron chi connectivity index (χ0n) is 12.0. The van der Waals surface area contributed by atoms with E-state index in [0.717, 1.165) is 12.5 Å². The Morgan fingerprint density at radius 2 is 1.89 bits per heavy atom. The maximum atomic E-state index is 13.0. The Kier molecular flexibility index (Phi) is 5.28. The lowest BCUT2D eigenvalue weighted by Gasteiger charge is -2.39. The van der Waals surface area contributed by atoms with Crippen molar-refractivity contribution in [2.24, 2.45) is 11.8 Å². The molecule has 0 radical (unpaired) electrons. The number of halogens is 1. The van der Waals surface area contributed by atoms with Gasteiger partial charge in [-0.2, -0.15) is 0 Å². The number of hydrogen-bond donors (Lipinski definition) is 1. The SMILES string of the molecule is CCNC1CC(C)CC(C)C1Sc1ccc(F)cc1. The van der Waals surface area contributed by atoms with E-state index in [0.29, 0.717) is 17.2 Å². The quantitative estimate of drug-likeness (QED) is 0.881. The predicted octanol–water partition coefficient (Wildman–Crippen LogP) is 4.33. The van der Waals surface area contributed by atoms with Crippen LogP contribution in [-0.2, 0) is 0 Å². The number of nitrogens with one attached hydrogen (secondary N) is 1. The third kappa shape index (κ3) is 3.96. The van der Waals surface area contributed by atoms with Gasteiger partial charge in [-0.15, -0.1) is 11.8 Å². The van der Waals surface area contributed by atoms with Gasteiger partial charge in [0, 0.05) is 16.2 Å². The minimum absolute atomic E-state index is 0.155. The molecular formula is C16H24FNS. The molecule has 1 aliphatic rings. The highest BCUT2D eigenvalue weighted by molar-refractivity contribution is 8.00. The molecule has 0 aromatic heterocycles. The lowest BCUT2D eigenvalue weighted by Crippen LogP contribution is -2.46. The molecule has 4 atom stereocenters. The van der Waals surface area contributed by atoms with Gasteiger partial charge in [-0.1, -0.05) is 20.8 Å². The van der Waals surface area contributed by atoms with Gasteiger partial charge >= 0.3 is 0 Å². The highest BCUT2D eigenvalue weighted by Gasteiger charge is 2.34. The van der Waals surface area contributed by atoms with E-state index < -0.39 is 0 Å². The second-order valence-electron chi connectivity index (χ2n) is 5.75. The second-order valence-corrected chi connectivity index (χ2v) is 7.01. The number of rotatable bonds is 4. The average Bonchev–Trinajstić information content (AvgIpc) is 2.36. The summed E-state index contributed by atoms with van der Waals surface area (Å²) in [6.45, 7) is 7.88. The minimum atomic E-state index is -0.155. The van der Waals surface area contributed by atoms with Crippen molar-refractivity contribution in [2.45, 2.75) is 49.8 Å². The maximum absolute atomic E-state index is 13.0. The molecule has 1 aromatic rings. The summed E-state index contributed by atoms with van der Waals surface area (Å²) >= 11 is 1.90. The molecule has 0 spiro atoms. The van der Waals surface area contributed by atoms with E-state index in [9.17, 15) is 4.39 Å². The molecule has 3 heteroatoms. The molecule has 0 saturated heterocycles. The predicted molar refractivity (Wildman–Crippen MR) is 81.1 cm³/mol. The van der Waals surface area contributed by atoms with E-state index in [1.165, 1.54) is 17.7 Å². The van der Waals surface area contributed by atoms with Crippen molar-refractivity contribution in [3.05, 3.63) is 30.1 Å². The first-order valence-electron chi connectivity index (χ1n) is 7.25. The van der Waals surface area contributed by atoms with Crippen LogP contribution in [-0.4, -0.2) is 17.8 Å². The van der Waals surface area contributed by atoms with E-state index in [1.807, 2.05) is 23.9 Å². The van der Waals surface area contributed by atoms with Gasteiger partial charge in [-0.05, 0) is 55.5 Å². The first kappa shape index (κ1) is 14.9. The van der Waals surface area contributed by atoms with Crippen LogP contribution in [0.25, 0.3) is 0 Å². The normalized spacial score (nSPS) is 31.4. The van der Waals surface area contributed by atoms with Gasteiger partial charge in [0.1, 0.15) is 5.82 Å². The smallest absolute Gasteiger partial charge is 0.123 e. The van der Waals surface area contributed by atoms with Crippen LogP contribution >= 0.6 is 11.8 Å². The molecule has 0 heterocycles. The van der Waals surface area contributed by atoms with Gasteiger partial charge in [0.15, 0.2) is 0 Å². The molecule has 0 aliphatic heterocycles. The first-order chi connectivity index (χ1) is 9.10. The summed E-state index contributed by atoms with van der Waals surface area (Å²) in [6.07, 6.45) is 2.54. The summed E-state index contributed by atoms with van der Waals surface area (Å²) in [6, 6.07) is 7.47. The summed E-state index contributed by atoms with van der Waals surface area (Å²) in [7, 11) is 0. The summed E-state index contributed by atoms with van der Waals surface area (Å²) in [4.78, 5) is 1.18. The van der Waals surface area contributed by atoms with E-state index in [1.54, 1.807) is 12.1 Å². The van der Waals surface area contributed by atoms with Gasteiger partial charge in [-0.3, -0.25) is 0 Å². The highest BCUT2D eigenvalue weighted by atomic mass is 32.2. The van der Waals surface area contributed by atoms with Crippen molar-refractivity contribution in [1.82, 2.24) is 5.32 Å². The van der Waals surface area contributed by atoms with E-state index >= 15 is 0 Å². The Balaban J connectivity index is 2.08. The van der Waals surface area contributed by atoms with E-state index in [2.05, 4.69) is 26.1 Å². The lowest BCUT2D eigenvalue weighted by molar-refractivity contribution is 0.251. The molecular weight excluding hydrogens is 257 g/mol. The van der Waals surface area contributed by atoms with E-state index in [4.69, 9.17) is 0 Å². The summed E-state index contributed by atoms with van der Waals surface area (Å²) in [5.41, 5.74) is 0. The van der Waals surface area contributed by atoms with Gasteiger partial charge in [0.2, 0.25) is 0 Å². The van der Waals surface area contributed by atoms with Gasteiger partial charge in [-0.25, -0.2) is 4.39 Å². The average molecular weight is 281 g/mol. The second kappa shape index (κ2) is 6.76. The van der Waals surface area contributed by atoms with Crippen LogP contribution in [0.2, 0.25) is 0 Å². The third-order valence-electron chi connectivity index (χ3n) is 3.94. The van der Waals surface area contributed by atoms with Crippen molar-refractivity contribution >= 4 is 11.8 Å². The minimum Gasteiger partial charge on any atom is -0.313 e. The van der Waals surface area contributed by atoms with Crippen molar-refractivity contribution in [3.63, 3.8) is 0 Å². The van der Waals surface area contributed by atoms with E-state index in [-0.39, 0.29) is 5.82 Å². The molecule has 1 nitrogen and oxygen atoms in total. The van der Waals surface area contributed by atoms with Crippen LogP contribution in [0.1, 0.15) is 33.6 Å². The first-order valence-corrected chi connectivity index (χ1v) is 8.13. The number of thioether (sulfide) groups is 1. The van der Waals surface area contributed by atoms with Crippen LogP contribution in [0.3, 0.4) is 0 Å². The molecule has 1 aliphatic carbocycles. The Morgan fingerprint density at radius 1 is 1.21 bits per heavy atom. The largest absolute Gasteiger partial charge is 0.313 e. The van der Waals surface area contributed by atoms with Crippen LogP contribution < -0.4 is 5.32 Å². The van der Waals surface area contributed by atoms with Crippen LogP contribution in [0.15, 0.2) is 29.2 Å². The van der Waals surface area contributed by atoms with Crippen molar-refractivity contribution in [3.8, 4) is 0 Å². The van der Waals surface area contributed by atoms with Crippen LogP contribution in [0, 0.1) is 17.7 Å². The summed E-state index contributed by atoms with van der Waals surface area (Å²) in [5, 5.41) is 4.22. The zero-order valence-corrected chi connectivity index (χ0v) is 12.8. The van der Waals surface area contributed by atoms with Crippen molar-refractivity contribution in [2.75, 3.05) is 6.54 Å². The lowest BCUT2D eigenvalue weighted by atomic mass is 9.80. The maximum Gasteiger partial charge on any atom is 0.123 e. The fourth-order valence-electron chi connectivity index (χ4n) is 3.16. The van der Waals surface area contributed by atoms with Gasteiger partial charge < -0.3 is 5.32 Å². The molecule has 1 N–H and O–H groups in total. The Labute approximate surface area is 120 Å². The zero-order chi connectivity index (χ0) is 13.8.